The number of aliphatic carboxylic acids is 1. The van der Waals surface area contributed by atoms with Gasteiger partial charge in [-0.2, -0.15) is 0 Å². The Labute approximate surface area is 142 Å². The highest BCUT2D eigenvalue weighted by Gasteiger charge is 2.25. The van der Waals surface area contributed by atoms with Crippen LogP contribution in [-0.2, 0) is 16.2 Å². The van der Waals surface area contributed by atoms with Crippen molar-refractivity contribution in [2.75, 3.05) is 24.6 Å². The Morgan fingerprint density at radius 3 is 2.68 bits per heavy atom. The number of oxime groups is 1. The molecule has 0 saturated carbocycles. The van der Waals surface area contributed by atoms with Gasteiger partial charge in [-0.1, -0.05) is 23.4 Å². The number of anilines is 1. The molecule has 0 aliphatic carbocycles. The Kier molecular flexibility index (Phi) is 4.85. The van der Waals surface area contributed by atoms with Gasteiger partial charge in [-0.15, -0.1) is 0 Å². The average Bonchev–Trinajstić information content (AvgIpc) is 2.57. The van der Waals surface area contributed by atoms with Crippen LogP contribution in [0.15, 0.2) is 35.7 Å². The Morgan fingerprint density at radius 1 is 1.32 bits per heavy atom. The van der Waals surface area contributed by atoms with E-state index < -0.39 is 18.4 Å². The first-order chi connectivity index (χ1) is 12.1. The minimum atomic E-state index is -1.09. The first-order valence-corrected chi connectivity index (χ1v) is 7.43. The van der Waals surface area contributed by atoms with E-state index in [1.807, 2.05) is 4.90 Å². The third kappa shape index (κ3) is 3.72. The van der Waals surface area contributed by atoms with E-state index in [4.69, 9.17) is 10.2 Å². The number of benzene rings is 1. The lowest BCUT2D eigenvalue weighted by Crippen LogP contribution is -2.48. The van der Waals surface area contributed by atoms with Crippen molar-refractivity contribution in [2.45, 2.75) is 6.61 Å². The highest BCUT2D eigenvalue weighted by Crippen LogP contribution is 2.25. The zero-order valence-electron chi connectivity index (χ0n) is 13.1. The highest BCUT2D eigenvalue weighted by atomic mass is 19.1. The molecular formula is C16H15FN4O4. The topological polar surface area (TPSA) is 108 Å². The second-order valence-corrected chi connectivity index (χ2v) is 5.39. The minimum Gasteiger partial charge on any atom is -0.479 e. The van der Waals surface area contributed by atoms with Crippen molar-refractivity contribution in [2.24, 2.45) is 5.16 Å². The van der Waals surface area contributed by atoms with Gasteiger partial charge in [0.1, 0.15) is 5.82 Å². The molecule has 0 spiro atoms. The maximum Gasteiger partial charge on any atom is 0.344 e. The van der Waals surface area contributed by atoms with E-state index in [1.54, 1.807) is 12.1 Å². The number of rotatable bonds is 6. The summed E-state index contributed by atoms with van der Waals surface area (Å²) < 4.78 is 14.2. The molecule has 1 fully saturated rings. The van der Waals surface area contributed by atoms with Gasteiger partial charge in [0.2, 0.25) is 12.6 Å². The Bertz CT molecular complexity index is 802. The van der Waals surface area contributed by atoms with Gasteiger partial charge in [-0.25, -0.2) is 19.2 Å². The van der Waals surface area contributed by atoms with E-state index in [0.29, 0.717) is 35.9 Å². The summed E-state index contributed by atoms with van der Waals surface area (Å²) in [5.41, 5.74) is 1.74. The van der Waals surface area contributed by atoms with Crippen molar-refractivity contribution in [1.82, 2.24) is 9.97 Å². The van der Waals surface area contributed by atoms with Crippen LogP contribution < -0.4 is 4.90 Å². The summed E-state index contributed by atoms with van der Waals surface area (Å²) in [5.74, 6) is -1.12. The molecule has 2 heterocycles. The zero-order valence-corrected chi connectivity index (χ0v) is 13.1. The van der Waals surface area contributed by atoms with Crippen LogP contribution in [0.5, 0.6) is 0 Å². The van der Waals surface area contributed by atoms with Gasteiger partial charge in [0.15, 0.2) is 0 Å². The van der Waals surface area contributed by atoms with E-state index in [1.165, 1.54) is 18.5 Å². The van der Waals surface area contributed by atoms with Crippen LogP contribution in [-0.4, -0.2) is 51.6 Å². The molecule has 1 saturated heterocycles. The smallest absolute Gasteiger partial charge is 0.344 e. The zero-order chi connectivity index (χ0) is 17.8. The van der Waals surface area contributed by atoms with Crippen LogP contribution in [0.3, 0.4) is 0 Å². The molecule has 25 heavy (non-hydrogen) atoms. The van der Waals surface area contributed by atoms with Crippen LogP contribution in [0, 0.1) is 5.82 Å². The Morgan fingerprint density at radius 2 is 2.04 bits per heavy atom. The molecule has 1 aliphatic rings. The van der Waals surface area contributed by atoms with Crippen LogP contribution in [0.25, 0.3) is 11.1 Å². The van der Waals surface area contributed by atoms with Crippen molar-refractivity contribution < 1.29 is 24.2 Å². The number of aromatic nitrogens is 2. The molecule has 1 aromatic heterocycles. The third-order valence-corrected chi connectivity index (χ3v) is 3.61. The number of aliphatic hydroxyl groups excluding tert-OH is 1. The van der Waals surface area contributed by atoms with Gasteiger partial charge in [-0.05, 0) is 0 Å². The number of hydrogen-bond donors (Lipinski definition) is 2. The summed E-state index contributed by atoms with van der Waals surface area (Å²) in [4.78, 5) is 25.2. The molecule has 0 atom stereocenters. The Balaban J connectivity index is 1.65. The molecular weight excluding hydrogens is 331 g/mol. The van der Waals surface area contributed by atoms with Gasteiger partial charge in [0.05, 0.1) is 25.4 Å². The highest BCUT2D eigenvalue weighted by molar-refractivity contribution is 5.98. The average molecular weight is 346 g/mol. The fourth-order valence-corrected chi connectivity index (χ4v) is 2.32. The Hall–Kier alpha value is -3.07. The van der Waals surface area contributed by atoms with E-state index in [9.17, 15) is 9.18 Å². The summed E-state index contributed by atoms with van der Waals surface area (Å²) in [5, 5.41) is 21.3. The molecule has 130 valence electrons. The fraction of sp³-hybridized carbons (Fsp3) is 0.250. The van der Waals surface area contributed by atoms with Crippen LogP contribution in [0.2, 0.25) is 0 Å². The van der Waals surface area contributed by atoms with E-state index in [0.717, 1.165) is 0 Å². The molecule has 9 heteroatoms. The molecule has 8 nitrogen and oxygen atoms in total. The van der Waals surface area contributed by atoms with Crippen LogP contribution in [0.4, 0.5) is 10.3 Å². The molecule has 0 amide bonds. The molecule has 3 rings (SSSR count). The quantitative estimate of drug-likeness (QED) is 0.753. The van der Waals surface area contributed by atoms with Crippen molar-refractivity contribution in [3.05, 3.63) is 42.0 Å². The van der Waals surface area contributed by atoms with Crippen molar-refractivity contribution in [1.29, 1.82) is 0 Å². The molecule has 1 aromatic carbocycles. The molecule has 1 aliphatic heterocycles. The van der Waals surface area contributed by atoms with E-state index >= 15 is 0 Å². The van der Waals surface area contributed by atoms with Crippen LogP contribution >= 0.6 is 0 Å². The third-order valence-electron chi connectivity index (χ3n) is 3.61. The second kappa shape index (κ2) is 7.22. The van der Waals surface area contributed by atoms with Gasteiger partial charge < -0.3 is 20.0 Å². The largest absolute Gasteiger partial charge is 0.479 e. The SMILES string of the molecule is O=C(O)CON=C1CN(c2ncc(-c3cccc(CO)c3F)cn2)C1. The number of hydrogen-bond acceptors (Lipinski definition) is 7. The number of carboxylic acids is 1. The maximum absolute atomic E-state index is 14.2. The van der Waals surface area contributed by atoms with Gasteiger partial charge in [0.25, 0.3) is 0 Å². The number of nitrogens with zero attached hydrogens (tertiary/aromatic N) is 4. The summed E-state index contributed by atoms with van der Waals surface area (Å²) in [7, 11) is 0. The van der Waals surface area contributed by atoms with E-state index in [2.05, 4.69) is 20.0 Å². The van der Waals surface area contributed by atoms with Crippen LogP contribution in [0.1, 0.15) is 5.56 Å². The number of carboxylic acid groups (broad SMARTS) is 1. The molecule has 2 aromatic rings. The summed E-state index contributed by atoms with van der Waals surface area (Å²) in [6, 6.07) is 4.77. The monoisotopic (exact) mass is 346 g/mol. The van der Waals surface area contributed by atoms with E-state index in [-0.39, 0.29) is 12.2 Å². The molecule has 0 bridgehead atoms. The minimum absolute atomic E-state index is 0.214. The lowest BCUT2D eigenvalue weighted by Gasteiger charge is -2.31. The predicted molar refractivity (Wildman–Crippen MR) is 86.6 cm³/mol. The van der Waals surface area contributed by atoms with Gasteiger partial charge in [-0.3, -0.25) is 0 Å². The number of halogens is 1. The second-order valence-electron chi connectivity index (χ2n) is 5.39. The predicted octanol–water partition coefficient (Wildman–Crippen LogP) is 1.05. The fourth-order valence-electron chi connectivity index (χ4n) is 2.32. The maximum atomic E-state index is 14.2. The number of aliphatic hydroxyl groups is 1. The van der Waals surface area contributed by atoms with Crippen molar-refractivity contribution in [3.8, 4) is 11.1 Å². The molecule has 0 unspecified atom stereocenters. The first-order valence-electron chi connectivity index (χ1n) is 7.43. The molecule has 0 radical (unpaired) electrons. The van der Waals surface area contributed by atoms with Crippen molar-refractivity contribution in [3.63, 3.8) is 0 Å². The van der Waals surface area contributed by atoms with Crippen molar-refractivity contribution >= 4 is 17.6 Å². The normalized spacial score (nSPS) is 13.4. The standard InChI is InChI=1S/C16H15FN4O4/c17-15-10(8-22)2-1-3-13(15)11-4-18-16(19-5-11)21-6-12(7-21)20-25-9-14(23)24/h1-5,22H,6-9H2,(H,23,24). The lowest BCUT2D eigenvalue weighted by atomic mass is 10.1. The van der Waals surface area contributed by atoms with Gasteiger partial charge in [0, 0.05) is 29.1 Å². The lowest BCUT2D eigenvalue weighted by molar-refractivity contribution is -0.142. The summed E-state index contributed by atoms with van der Waals surface area (Å²) in [6.07, 6.45) is 3.02. The summed E-state index contributed by atoms with van der Waals surface area (Å²) >= 11 is 0. The number of carbonyl (C=O) groups is 1. The first kappa shape index (κ1) is 16.8. The summed E-state index contributed by atoms with van der Waals surface area (Å²) in [6.45, 7) is 0.0201. The molecule has 2 N–H and O–H groups in total. The van der Waals surface area contributed by atoms with Gasteiger partial charge >= 0.3 is 5.97 Å².